The maximum absolute atomic E-state index is 12.2. The lowest BCUT2D eigenvalue weighted by Crippen LogP contribution is -2.46. The SMILES string of the molecule is CC(=O)N[C@@H]1CCCN(Cc2cccc(OC(F)(F)F)c2)C1. The number of carbonyl (C=O) groups excluding carboxylic acids is 1. The molecule has 1 aliphatic rings. The van der Waals surface area contributed by atoms with E-state index in [0.717, 1.165) is 24.9 Å². The van der Waals surface area contributed by atoms with Crippen molar-refractivity contribution >= 4 is 5.91 Å². The van der Waals surface area contributed by atoms with Gasteiger partial charge in [-0.25, -0.2) is 0 Å². The van der Waals surface area contributed by atoms with E-state index in [1.54, 1.807) is 12.1 Å². The number of ether oxygens (including phenoxy) is 1. The van der Waals surface area contributed by atoms with Crippen LogP contribution in [0.4, 0.5) is 13.2 Å². The number of alkyl halides is 3. The van der Waals surface area contributed by atoms with Crippen LogP contribution in [0.15, 0.2) is 24.3 Å². The molecular weight excluding hydrogens is 297 g/mol. The van der Waals surface area contributed by atoms with E-state index in [-0.39, 0.29) is 17.7 Å². The van der Waals surface area contributed by atoms with Crippen LogP contribution in [0.2, 0.25) is 0 Å². The lowest BCUT2D eigenvalue weighted by molar-refractivity contribution is -0.274. The lowest BCUT2D eigenvalue weighted by atomic mass is 10.0. The van der Waals surface area contributed by atoms with Crippen molar-refractivity contribution in [1.82, 2.24) is 10.2 Å². The van der Waals surface area contributed by atoms with Gasteiger partial charge >= 0.3 is 6.36 Å². The second-order valence-electron chi connectivity index (χ2n) is 5.47. The summed E-state index contributed by atoms with van der Waals surface area (Å²) >= 11 is 0. The Labute approximate surface area is 127 Å². The third-order valence-electron chi connectivity index (χ3n) is 3.45. The minimum atomic E-state index is -4.68. The molecule has 0 aliphatic carbocycles. The van der Waals surface area contributed by atoms with Crippen LogP contribution in [0, 0.1) is 0 Å². The first-order valence-corrected chi connectivity index (χ1v) is 7.16. The number of nitrogens with zero attached hydrogens (tertiary/aromatic N) is 1. The van der Waals surface area contributed by atoms with Crippen LogP contribution in [0.25, 0.3) is 0 Å². The number of carbonyl (C=O) groups is 1. The number of nitrogens with one attached hydrogen (secondary N) is 1. The highest BCUT2D eigenvalue weighted by atomic mass is 19.4. The van der Waals surface area contributed by atoms with Crippen molar-refractivity contribution in [3.63, 3.8) is 0 Å². The molecule has 1 aliphatic heterocycles. The van der Waals surface area contributed by atoms with Crippen molar-refractivity contribution in [3.8, 4) is 5.75 Å². The standard InChI is InChI=1S/C15H19F3N2O2/c1-11(21)19-13-5-3-7-20(10-13)9-12-4-2-6-14(8-12)22-15(16,17)18/h2,4,6,8,13H,3,5,7,9-10H2,1H3,(H,19,21)/t13-/m1/s1. The quantitative estimate of drug-likeness (QED) is 0.928. The topological polar surface area (TPSA) is 41.6 Å². The Morgan fingerprint density at radius 2 is 2.23 bits per heavy atom. The molecular formula is C15H19F3N2O2. The van der Waals surface area contributed by atoms with Crippen LogP contribution < -0.4 is 10.1 Å². The highest BCUT2D eigenvalue weighted by molar-refractivity contribution is 5.73. The van der Waals surface area contributed by atoms with E-state index < -0.39 is 6.36 Å². The van der Waals surface area contributed by atoms with Crippen molar-refractivity contribution in [2.24, 2.45) is 0 Å². The number of piperidine rings is 1. The van der Waals surface area contributed by atoms with Gasteiger partial charge in [-0.3, -0.25) is 9.69 Å². The van der Waals surface area contributed by atoms with Crippen LogP contribution in [-0.4, -0.2) is 36.3 Å². The molecule has 0 radical (unpaired) electrons. The molecule has 122 valence electrons. The molecule has 0 aromatic heterocycles. The Morgan fingerprint density at radius 3 is 2.91 bits per heavy atom. The van der Waals surface area contributed by atoms with Crippen molar-refractivity contribution in [1.29, 1.82) is 0 Å². The highest BCUT2D eigenvalue weighted by Crippen LogP contribution is 2.24. The number of amides is 1. The van der Waals surface area contributed by atoms with Gasteiger partial charge in [0.2, 0.25) is 5.91 Å². The van der Waals surface area contributed by atoms with E-state index in [0.29, 0.717) is 13.1 Å². The highest BCUT2D eigenvalue weighted by Gasteiger charge is 2.31. The van der Waals surface area contributed by atoms with Gasteiger partial charge in [0, 0.05) is 26.1 Å². The molecule has 0 saturated carbocycles. The largest absolute Gasteiger partial charge is 0.573 e. The van der Waals surface area contributed by atoms with Gasteiger partial charge in [-0.1, -0.05) is 12.1 Å². The summed E-state index contributed by atoms with van der Waals surface area (Å²) in [6, 6.07) is 6.10. The lowest BCUT2D eigenvalue weighted by Gasteiger charge is -2.33. The summed E-state index contributed by atoms with van der Waals surface area (Å²) in [5.74, 6) is -0.271. The maximum Gasteiger partial charge on any atom is 0.573 e. The fraction of sp³-hybridized carbons (Fsp3) is 0.533. The maximum atomic E-state index is 12.2. The molecule has 0 spiro atoms. The molecule has 0 bridgehead atoms. The molecule has 22 heavy (non-hydrogen) atoms. The molecule has 1 fully saturated rings. The molecule has 0 unspecified atom stereocenters. The van der Waals surface area contributed by atoms with Crippen LogP contribution in [0.3, 0.4) is 0 Å². The number of hydrogen-bond donors (Lipinski definition) is 1. The van der Waals surface area contributed by atoms with Gasteiger partial charge in [0.15, 0.2) is 0 Å². The molecule has 1 aromatic carbocycles. The van der Waals surface area contributed by atoms with Gasteiger partial charge in [0.1, 0.15) is 5.75 Å². The second kappa shape index (κ2) is 7.00. The van der Waals surface area contributed by atoms with Crippen LogP contribution >= 0.6 is 0 Å². The Kier molecular flexibility index (Phi) is 5.28. The molecule has 2 rings (SSSR count). The summed E-state index contributed by atoms with van der Waals surface area (Å²) in [5, 5.41) is 2.89. The van der Waals surface area contributed by atoms with Gasteiger partial charge in [-0.2, -0.15) is 0 Å². The zero-order valence-corrected chi connectivity index (χ0v) is 12.3. The third kappa shape index (κ3) is 5.55. The molecule has 4 nitrogen and oxygen atoms in total. The van der Waals surface area contributed by atoms with Crippen LogP contribution in [-0.2, 0) is 11.3 Å². The molecule has 1 N–H and O–H groups in total. The number of halogens is 3. The zero-order valence-electron chi connectivity index (χ0n) is 12.3. The van der Waals surface area contributed by atoms with Crippen LogP contribution in [0.1, 0.15) is 25.3 Å². The van der Waals surface area contributed by atoms with E-state index in [9.17, 15) is 18.0 Å². The van der Waals surface area contributed by atoms with Gasteiger partial charge < -0.3 is 10.1 Å². The second-order valence-corrected chi connectivity index (χ2v) is 5.47. The van der Waals surface area contributed by atoms with Gasteiger partial charge in [0.05, 0.1) is 0 Å². The predicted octanol–water partition coefficient (Wildman–Crippen LogP) is 2.69. The van der Waals surface area contributed by atoms with Crippen molar-refractivity contribution in [2.75, 3.05) is 13.1 Å². The Bertz CT molecular complexity index is 520. The molecule has 1 aromatic rings. The number of rotatable bonds is 4. The Morgan fingerprint density at radius 1 is 1.45 bits per heavy atom. The first-order chi connectivity index (χ1) is 10.3. The van der Waals surface area contributed by atoms with Crippen molar-refractivity contribution in [2.45, 2.75) is 38.7 Å². The molecule has 7 heteroatoms. The van der Waals surface area contributed by atoms with Gasteiger partial charge in [-0.05, 0) is 37.1 Å². The van der Waals surface area contributed by atoms with E-state index in [1.807, 2.05) is 0 Å². The summed E-state index contributed by atoms with van der Waals surface area (Å²) in [6.45, 7) is 3.58. The minimum Gasteiger partial charge on any atom is -0.406 e. The summed E-state index contributed by atoms with van der Waals surface area (Å²) in [5.41, 5.74) is 0.755. The molecule has 1 heterocycles. The fourth-order valence-corrected chi connectivity index (χ4v) is 2.70. The summed E-state index contributed by atoms with van der Waals surface area (Å²) < 4.78 is 40.6. The summed E-state index contributed by atoms with van der Waals surface area (Å²) in [7, 11) is 0. The first-order valence-electron chi connectivity index (χ1n) is 7.16. The Hall–Kier alpha value is -1.76. The number of benzene rings is 1. The average molecular weight is 316 g/mol. The molecule has 1 amide bonds. The average Bonchev–Trinajstić information content (AvgIpc) is 2.36. The third-order valence-corrected chi connectivity index (χ3v) is 3.45. The van der Waals surface area contributed by atoms with E-state index in [4.69, 9.17) is 0 Å². The minimum absolute atomic E-state index is 0.0626. The molecule has 1 saturated heterocycles. The Balaban J connectivity index is 1.95. The van der Waals surface area contributed by atoms with E-state index in [2.05, 4.69) is 15.0 Å². The summed E-state index contributed by atoms with van der Waals surface area (Å²) in [6.07, 6.45) is -2.81. The van der Waals surface area contributed by atoms with Crippen LogP contribution in [0.5, 0.6) is 5.75 Å². The number of hydrogen-bond acceptors (Lipinski definition) is 3. The first kappa shape index (κ1) is 16.6. The fourth-order valence-electron chi connectivity index (χ4n) is 2.70. The monoisotopic (exact) mass is 316 g/mol. The van der Waals surface area contributed by atoms with Crippen molar-refractivity contribution in [3.05, 3.63) is 29.8 Å². The summed E-state index contributed by atoms with van der Waals surface area (Å²) in [4.78, 5) is 13.2. The predicted molar refractivity (Wildman–Crippen MR) is 75.2 cm³/mol. The normalized spacial score (nSPS) is 19.7. The van der Waals surface area contributed by atoms with E-state index >= 15 is 0 Å². The zero-order chi connectivity index (χ0) is 16.2. The van der Waals surface area contributed by atoms with Gasteiger partial charge in [-0.15, -0.1) is 13.2 Å². The smallest absolute Gasteiger partial charge is 0.406 e. The number of likely N-dealkylation sites (tertiary alicyclic amines) is 1. The molecule has 1 atom stereocenters. The van der Waals surface area contributed by atoms with Gasteiger partial charge in [0.25, 0.3) is 0 Å². The van der Waals surface area contributed by atoms with Crippen molar-refractivity contribution < 1.29 is 22.7 Å². The van der Waals surface area contributed by atoms with E-state index in [1.165, 1.54) is 19.1 Å².